The van der Waals surface area contributed by atoms with Crippen LogP contribution < -0.4 is 10.6 Å². The molecule has 0 atom stereocenters. The lowest BCUT2D eigenvalue weighted by molar-refractivity contribution is 0.586. The minimum Gasteiger partial charge on any atom is -0.323 e. The van der Waals surface area contributed by atoms with Crippen molar-refractivity contribution in [2.75, 3.05) is 10.6 Å². The number of hydrogen-bond acceptors (Lipinski definition) is 5. The van der Waals surface area contributed by atoms with E-state index in [-0.39, 0.29) is 11.6 Å². The fourth-order valence-electron chi connectivity index (χ4n) is 2.57. The molecule has 0 unspecified atom stereocenters. The molecule has 27 heavy (non-hydrogen) atoms. The Bertz CT molecular complexity index is 1140. The number of aromatic amines is 1. The zero-order chi connectivity index (χ0) is 19.0. The summed E-state index contributed by atoms with van der Waals surface area (Å²) in [5.74, 6) is -0.258. The average molecular weight is 387 g/mol. The number of nitrogens with zero attached hydrogens (tertiary/aromatic N) is 3. The zero-order valence-electron chi connectivity index (χ0n) is 14.0. The van der Waals surface area contributed by atoms with Crippen molar-refractivity contribution < 1.29 is 8.78 Å². The quantitative estimate of drug-likeness (QED) is 0.456. The Labute approximate surface area is 157 Å². The Morgan fingerprint density at radius 2 is 1.85 bits per heavy atom. The number of hydrogen-bond donors (Lipinski definition) is 3. The Kier molecular flexibility index (Phi) is 4.33. The Balaban J connectivity index is 1.78. The van der Waals surface area contributed by atoms with Gasteiger partial charge in [0.25, 0.3) is 0 Å². The molecule has 0 radical (unpaired) electrons. The number of fused-ring (bicyclic) bond motifs is 1. The fraction of sp³-hybridized carbons (Fsp3) is 0.0556. The van der Waals surface area contributed by atoms with Gasteiger partial charge in [-0.3, -0.25) is 5.10 Å². The Hall–Kier alpha value is -3.26. The van der Waals surface area contributed by atoms with E-state index in [9.17, 15) is 8.78 Å². The van der Waals surface area contributed by atoms with Crippen molar-refractivity contribution in [1.82, 2.24) is 20.2 Å². The summed E-state index contributed by atoms with van der Waals surface area (Å²) in [4.78, 5) is 8.77. The molecule has 0 spiro atoms. The van der Waals surface area contributed by atoms with E-state index in [2.05, 4.69) is 30.8 Å². The van der Waals surface area contributed by atoms with Gasteiger partial charge in [0, 0.05) is 28.2 Å². The standard InChI is InChI=1S/C18H13ClF2N6/c1-9-6-16(27-26-9)24-17-12-7-10(19)2-4-14(12)22-18(25-17)23-15-5-3-11(20)8-13(15)21/h2-8H,1H3,(H3,22,23,24,25,26,27). The molecule has 4 rings (SSSR count). The van der Waals surface area contributed by atoms with Crippen molar-refractivity contribution >= 4 is 45.8 Å². The summed E-state index contributed by atoms with van der Waals surface area (Å²) in [6.45, 7) is 1.87. The largest absolute Gasteiger partial charge is 0.323 e. The average Bonchev–Trinajstić information content (AvgIpc) is 3.03. The van der Waals surface area contributed by atoms with Crippen LogP contribution in [-0.2, 0) is 0 Å². The van der Waals surface area contributed by atoms with Crippen molar-refractivity contribution in [2.45, 2.75) is 6.92 Å². The molecule has 0 saturated carbocycles. The van der Waals surface area contributed by atoms with Gasteiger partial charge in [-0.25, -0.2) is 13.8 Å². The second-order valence-electron chi connectivity index (χ2n) is 5.87. The third-order valence-electron chi connectivity index (χ3n) is 3.79. The van der Waals surface area contributed by atoms with Crippen molar-refractivity contribution in [3.05, 3.63) is 64.8 Å². The normalized spacial score (nSPS) is 11.0. The zero-order valence-corrected chi connectivity index (χ0v) is 14.8. The number of rotatable bonds is 4. The van der Waals surface area contributed by atoms with E-state index in [1.807, 2.05) is 13.0 Å². The minimum atomic E-state index is -0.743. The third-order valence-corrected chi connectivity index (χ3v) is 4.02. The molecule has 3 N–H and O–H groups in total. The molecule has 0 aliphatic carbocycles. The van der Waals surface area contributed by atoms with Gasteiger partial charge in [-0.2, -0.15) is 10.1 Å². The summed E-state index contributed by atoms with van der Waals surface area (Å²) in [7, 11) is 0. The monoisotopic (exact) mass is 386 g/mol. The smallest absolute Gasteiger partial charge is 0.229 e. The number of halogens is 3. The van der Waals surface area contributed by atoms with Gasteiger partial charge < -0.3 is 10.6 Å². The van der Waals surface area contributed by atoms with Gasteiger partial charge in [-0.05, 0) is 37.3 Å². The molecule has 0 fully saturated rings. The van der Waals surface area contributed by atoms with Gasteiger partial charge in [0.2, 0.25) is 5.95 Å². The highest BCUT2D eigenvalue weighted by atomic mass is 35.5. The van der Waals surface area contributed by atoms with Crippen LogP contribution in [0.3, 0.4) is 0 Å². The van der Waals surface area contributed by atoms with Gasteiger partial charge in [-0.1, -0.05) is 11.6 Å². The molecule has 0 bridgehead atoms. The second kappa shape index (κ2) is 6.81. The first-order valence-corrected chi connectivity index (χ1v) is 8.34. The maximum atomic E-state index is 13.9. The van der Waals surface area contributed by atoms with Crippen LogP contribution in [0.2, 0.25) is 5.02 Å². The summed E-state index contributed by atoms with van der Waals surface area (Å²) in [5, 5.41) is 14.0. The van der Waals surface area contributed by atoms with Crippen LogP contribution in [0.25, 0.3) is 10.9 Å². The van der Waals surface area contributed by atoms with Gasteiger partial charge >= 0.3 is 0 Å². The molecule has 4 aromatic rings. The molecule has 0 aliphatic rings. The van der Waals surface area contributed by atoms with Crippen LogP contribution in [-0.4, -0.2) is 20.2 Å². The molecule has 9 heteroatoms. The summed E-state index contributed by atoms with van der Waals surface area (Å²) >= 11 is 6.10. The summed E-state index contributed by atoms with van der Waals surface area (Å²) < 4.78 is 27.1. The number of aromatic nitrogens is 4. The maximum absolute atomic E-state index is 13.9. The molecular formula is C18H13ClF2N6. The molecule has 2 aromatic carbocycles. The molecule has 2 aromatic heterocycles. The third kappa shape index (κ3) is 3.65. The lowest BCUT2D eigenvalue weighted by Gasteiger charge is -2.11. The Morgan fingerprint density at radius 3 is 2.59 bits per heavy atom. The van der Waals surface area contributed by atoms with Gasteiger partial charge in [0.15, 0.2) is 5.82 Å². The lowest BCUT2D eigenvalue weighted by atomic mass is 10.2. The highest BCUT2D eigenvalue weighted by Crippen LogP contribution is 2.29. The second-order valence-corrected chi connectivity index (χ2v) is 6.30. The number of aryl methyl sites for hydroxylation is 1. The lowest BCUT2D eigenvalue weighted by Crippen LogP contribution is -2.03. The first-order valence-electron chi connectivity index (χ1n) is 7.96. The van der Waals surface area contributed by atoms with E-state index in [0.29, 0.717) is 27.6 Å². The first-order chi connectivity index (χ1) is 13.0. The molecule has 0 aliphatic heterocycles. The highest BCUT2D eigenvalue weighted by molar-refractivity contribution is 6.31. The van der Waals surface area contributed by atoms with Crippen LogP contribution in [0.5, 0.6) is 0 Å². The van der Waals surface area contributed by atoms with E-state index >= 15 is 0 Å². The highest BCUT2D eigenvalue weighted by Gasteiger charge is 2.12. The van der Waals surface area contributed by atoms with Crippen molar-refractivity contribution in [1.29, 1.82) is 0 Å². The van der Waals surface area contributed by atoms with Crippen molar-refractivity contribution in [3.63, 3.8) is 0 Å². The Morgan fingerprint density at radius 1 is 1.00 bits per heavy atom. The maximum Gasteiger partial charge on any atom is 0.229 e. The van der Waals surface area contributed by atoms with Gasteiger partial charge in [0.05, 0.1) is 11.2 Å². The van der Waals surface area contributed by atoms with E-state index < -0.39 is 11.6 Å². The topological polar surface area (TPSA) is 78.5 Å². The van der Waals surface area contributed by atoms with Crippen LogP contribution in [0.1, 0.15) is 5.69 Å². The van der Waals surface area contributed by atoms with E-state index in [4.69, 9.17) is 11.6 Å². The van der Waals surface area contributed by atoms with Crippen LogP contribution in [0, 0.1) is 18.6 Å². The predicted molar refractivity (Wildman–Crippen MR) is 101 cm³/mol. The summed E-state index contributed by atoms with van der Waals surface area (Å²) in [6, 6.07) is 10.2. The van der Waals surface area contributed by atoms with E-state index in [1.54, 1.807) is 18.2 Å². The molecule has 0 saturated heterocycles. The van der Waals surface area contributed by atoms with Crippen LogP contribution in [0.4, 0.5) is 32.1 Å². The van der Waals surface area contributed by atoms with Crippen LogP contribution in [0.15, 0.2) is 42.5 Å². The summed E-state index contributed by atoms with van der Waals surface area (Å²) in [5.41, 5.74) is 1.53. The molecule has 136 valence electrons. The number of H-pyrrole nitrogens is 1. The molecule has 2 heterocycles. The SMILES string of the molecule is Cc1cc(Nc2nc(Nc3ccc(F)cc3F)nc3ccc(Cl)cc23)n[nH]1. The summed E-state index contributed by atoms with van der Waals surface area (Å²) in [6.07, 6.45) is 0. The van der Waals surface area contributed by atoms with Gasteiger partial charge in [-0.15, -0.1) is 0 Å². The molecular weight excluding hydrogens is 374 g/mol. The minimum absolute atomic E-state index is 0.0614. The molecule has 0 amide bonds. The molecule has 6 nitrogen and oxygen atoms in total. The number of benzene rings is 2. The van der Waals surface area contributed by atoms with E-state index in [0.717, 1.165) is 17.8 Å². The van der Waals surface area contributed by atoms with Gasteiger partial charge in [0.1, 0.15) is 17.5 Å². The first kappa shape index (κ1) is 17.2. The van der Waals surface area contributed by atoms with Crippen LogP contribution >= 0.6 is 11.6 Å². The fourth-order valence-corrected chi connectivity index (χ4v) is 2.74. The van der Waals surface area contributed by atoms with Crippen molar-refractivity contribution in [3.8, 4) is 0 Å². The predicted octanol–water partition coefficient (Wildman–Crippen LogP) is 5.08. The van der Waals surface area contributed by atoms with E-state index in [1.165, 1.54) is 6.07 Å². The number of nitrogens with one attached hydrogen (secondary N) is 3. The van der Waals surface area contributed by atoms with Crippen molar-refractivity contribution in [2.24, 2.45) is 0 Å². The number of anilines is 4.